The Hall–Kier alpha value is -2.93. The molecular formula is C23H24F2N2O3. The van der Waals surface area contributed by atoms with Crippen molar-refractivity contribution in [3.05, 3.63) is 59.3 Å². The first-order valence-electron chi connectivity index (χ1n) is 10.1. The van der Waals surface area contributed by atoms with Gasteiger partial charge in [0.15, 0.2) is 11.6 Å². The van der Waals surface area contributed by atoms with E-state index in [9.17, 15) is 13.6 Å². The third-order valence-corrected chi connectivity index (χ3v) is 5.34. The number of hydrogen-bond donors (Lipinski definition) is 2. The Labute approximate surface area is 173 Å². The van der Waals surface area contributed by atoms with E-state index >= 15 is 0 Å². The van der Waals surface area contributed by atoms with E-state index in [4.69, 9.17) is 9.47 Å². The van der Waals surface area contributed by atoms with Gasteiger partial charge in [0, 0.05) is 35.6 Å². The predicted molar refractivity (Wildman–Crippen MR) is 110 cm³/mol. The number of benzene rings is 2. The van der Waals surface area contributed by atoms with Gasteiger partial charge in [-0.25, -0.2) is 8.78 Å². The van der Waals surface area contributed by atoms with Crippen molar-refractivity contribution in [1.29, 1.82) is 0 Å². The monoisotopic (exact) mass is 414 g/mol. The highest BCUT2D eigenvalue weighted by atomic mass is 19.1. The lowest BCUT2D eigenvalue weighted by Crippen LogP contribution is -2.40. The van der Waals surface area contributed by atoms with E-state index in [1.54, 1.807) is 12.1 Å². The first-order chi connectivity index (χ1) is 14.5. The molecule has 1 aliphatic rings. The van der Waals surface area contributed by atoms with Crippen molar-refractivity contribution >= 4 is 16.9 Å². The van der Waals surface area contributed by atoms with Gasteiger partial charge in [0.2, 0.25) is 0 Å². The zero-order valence-corrected chi connectivity index (χ0v) is 16.8. The van der Waals surface area contributed by atoms with Gasteiger partial charge in [0.1, 0.15) is 18.2 Å². The number of ether oxygens (including phenoxy) is 2. The van der Waals surface area contributed by atoms with Crippen LogP contribution in [-0.2, 0) is 17.6 Å². The smallest absolute Gasteiger partial charge is 0.308 e. The molecule has 0 aliphatic carbocycles. The lowest BCUT2D eigenvalue weighted by atomic mass is 10.0. The topological polar surface area (TPSA) is 63.3 Å². The summed E-state index contributed by atoms with van der Waals surface area (Å²) in [6.45, 7) is 2.45. The van der Waals surface area contributed by atoms with Gasteiger partial charge in [0.25, 0.3) is 0 Å². The van der Waals surface area contributed by atoms with Crippen LogP contribution in [0.5, 0.6) is 11.5 Å². The zero-order valence-electron chi connectivity index (χ0n) is 16.8. The van der Waals surface area contributed by atoms with Gasteiger partial charge in [-0.3, -0.25) is 4.79 Å². The quantitative estimate of drug-likeness (QED) is 0.344. The summed E-state index contributed by atoms with van der Waals surface area (Å²) in [7, 11) is 0. The molecule has 1 atom stereocenters. The molecule has 5 nitrogen and oxygen atoms in total. The molecule has 0 saturated heterocycles. The van der Waals surface area contributed by atoms with Crippen LogP contribution in [-0.4, -0.2) is 30.1 Å². The second-order valence-electron chi connectivity index (χ2n) is 7.57. The lowest BCUT2D eigenvalue weighted by molar-refractivity contribution is -0.131. The van der Waals surface area contributed by atoms with Gasteiger partial charge in [-0.1, -0.05) is 0 Å². The molecule has 2 N–H and O–H groups in total. The SMILES string of the molecule is CC(=O)Oc1ccc(F)c2c1C[C@@H](NCCCCc1c[nH]c3ccc(F)cc13)CO2. The Morgan fingerprint density at radius 2 is 2.13 bits per heavy atom. The number of nitrogens with one attached hydrogen (secondary N) is 2. The summed E-state index contributed by atoms with van der Waals surface area (Å²) in [6.07, 6.45) is 5.21. The van der Waals surface area contributed by atoms with Crippen LogP contribution in [0, 0.1) is 11.6 Å². The highest BCUT2D eigenvalue weighted by molar-refractivity contribution is 5.83. The number of carbonyl (C=O) groups excluding carboxylic acids is 1. The van der Waals surface area contributed by atoms with E-state index in [1.807, 2.05) is 6.20 Å². The predicted octanol–water partition coefficient (Wildman–Crippen LogP) is 4.29. The molecule has 1 aromatic heterocycles. The second kappa shape index (κ2) is 8.83. The number of aromatic nitrogens is 1. The molecular weight excluding hydrogens is 390 g/mol. The summed E-state index contributed by atoms with van der Waals surface area (Å²) in [4.78, 5) is 14.5. The molecule has 0 fully saturated rings. The Balaban J connectivity index is 1.29. The molecule has 158 valence electrons. The zero-order chi connectivity index (χ0) is 21.1. The second-order valence-corrected chi connectivity index (χ2v) is 7.57. The van der Waals surface area contributed by atoms with Crippen LogP contribution >= 0.6 is 0 Å². The van der Waals surface area contributed by atoms with Crippen molar-refractivity contribution in [2.24, 2.45) is 0 Å². The fourth-order valence-electron chi connectivity index (χ4n) is 3.91. The van der Waals surface area contributed by atoms with Crippen molar-refractivity contribution < 1.29 is 23.0 Å². The molecule has 0 radical (unpaired) electrons. The van der Waals surface area contributed by atoms with Crippen LogP contribution in [0.1, 0.15) is 30.9 Å². The van der Waals surface area contributed by atoms with Gasteiger partial charge < -0.3 is 19.8 Å². The average molecular weight is 414 g/mol. The first kappa shape index (κ1) is 20.3. The highest BCUT2D eigenvalue weighted by Crippen LogP contribution is 2.35. The molecule has 2 heterocycles. The molecule has 3 aromatic rings. The van der Waals surface area contributed by atoms with E-state index < -0.39 is 11.8 Å². The fourth-order valence-corrected chi connectivity index (χ4v) is 3.91. The van der Waals surface area contributed by atoms with Crippen molar-refractivity contribution in [2.45, 2.75) is 38.6 Å². The summed E-state index contributed by atoms with van der Waals surface area (Å²) < 4.78 is 38.3. The van der Waals surface area contributed by atoms with Crippen molar-refractivity contribution in [2.75, 3.05) is 13.2 Å². The van der Waals surface area contributed by atoms with Crippen LogP contribution < -0.4 is 14.8 Å². The van der Waals surface area contributed by atoms with Crippen LogP contribution in [0.15, 0.2) is 36.5 Å². The number of hydrogen-bond acceptors (Lipinski definition) is 4. The molecule has 2 aromatic carbocycles. The normalized spacial score (nSPS) is 15.6. The Morgan fingerprint density at radius 3 is 2.97 bits per heavy atom. The van der Waals surface area contributed by atoms with E-state index in [-0.39, 0.29) is 17.6 Å². The Morgan fingerprint density at radius 1 is 1.27 bits per heavy atom. The molecule has 4 rings (SSSR count). The number of carbonyl (C=O) groups is 1. The van der Waals surface area contributed by atoms with Crippen molar-refractivity contribution in [3.63, 3.8) is 0 Å². The summed E-state index contributed by atoms with van der Waals surface area (Å²) in [5.41, 5.74) is 2.63. The largest absolute Gasteiger partial charge is 0.488 e. The molecule has 0 saturated carbocycles. The van der Waals surface area contributed by atoms with Crippen molar-refractivity contribution in [3.8, 4) is 11.5 Å². The molecule has 0 amide bonds. The minimum absolute atomic E-state index is 0.00999. The number of fused-ring (bicyclic) bond motifs is 2. The number of rotatable bonds is 7. The van der Waals surface area contributed by atoms with Crippen LogP contribution in [0.4, 0.5) is 8.78 Å². The fraction of sp³-hybridized carbons (Fsp3) is 0.348. The minimum Gasteiger partial charge on any atom is -0.488 e. The van der Waals surface area contributed by atoms with E-state index in [2.05, 4.69) is 10.3 Å². The number of unbranched alkanes of at least 4 members (excludes halogenated alkanes) is 1. The number of aromatic amines is 1. The maximum absolute atomic E-state index is 14.0. The molecule has 0 spiro atoms. The van der Waals surface area contributed by atoms with E-state index in [1.165, 1.54) is 25.1 Å². The number of aryl methyl sites for hydroxylation is 1. The summed E-state index contributed by atoms with van der Waals surface area (Å²) >= 11 is 0. The molecule has 1 aliphatic heterocycles. The first-order valence-corrected chi connectivity index (χ1v) is 10.1. The summed E-state index contributed by atoms with van der Waals surface area (Å²) in [5.74, 6) is -0.618. The van der Waals surface area contributed by atoms with Crippen LogP contribution in [0.3, 0.4) is 0 Å². The van der Waals surface area contributed by atoms with Gasteiger partial charge in [0.05, 0.1) is 0 Å². The Bertz CT molecular complexity index is 1060. The molecule has 0 bridgehead atoms. The third-order valence-electron chi connectivity index (χ3n) is 5.34. The van der Waals surface area contributed by atoms with Crippen LogP contribution in [0.25, 0.3) is 10.9 Å². The molecule has 0 unspecified atom stereocenters. The lowest BCUT2D eigenvalue weighted by Gasteiger charge is -2.27. The van der Waals surface area contributed by atoms with Gasteiger partial charge in [-0.2, -0.15) is 0 Å². The highest BCUT2D eigenvalue weighted by Gasteiger charge is 2.26. The summed E-state index contributed by atoms with van der Waals surface area (Å²) in [5, 5.41) is 4.36. The van der Waals surface area contributed by atoms with Gasteiger partial charge in [-0.15, -0.1) is 0 Å². The number of H-pyrrole nitrogens is 1. The minimum atomic E-state index is -0.450. The van der Waals surface area contributed by atoms with E-state index in [0.29, 0.717) is 24.3 Å². The van der Waals surface area contributed by atoms with Crippen LogP contribution in [0.2, 0.25) is 0 Å². The summed E-state index contributed by atoms with van der Waals surface area (Å²) in [6, 6.07) is 7.50. The standard InChI is InChI=1S/C23H24F2N2O3/c1-14(28)30-22-8-6-20(25)23-19(22)11-17(13-29-23)26-9-3-2-4-15-12-27-21-7-5-16(24)10-18(15)21/h5-8,10,12,17,26-27H,2-4,9,11,13H2,1H3/t17-/m1/s1. The molecule has 30 heavy (non-hydrogen) atoms. The number of esters is 1. The third kappa shape index (κ3) is 4.46. The Kier molecular flexibility index (Phi) is 5.99. The maximum atomic E-state index is 14.0. The number of halogens is 2. The van der Waals surface area contributed by atoms with Crippen molar-refractivity contribution in [1.82, 2.24) is 10.3 Å². The average Bonchev–Trinajstić information content (AvgIpc) is 3.12. The van der Waals surface area contributed by atoms with E-state index in [0.717, 1.165) is 42.3 Å². The van der Waals surface area contributed by atoms with Gasteiger partial charge >= 0.3 is 5.97 Å². The maximum Gasteiger partial charge on any atom is 0.308 e. The molecule has 7 heteroatoms. The van der Waals surface area contributed by atoms with Gasteiger partial charge in [-0.05, 0) is 68.1 Å².